The summed E-state index contributed by atoms with van der Waals surface area (Å²) >= 11 is 6.54. The van der Waals surface area contributed by atoms with E-state index in [9.17, 15) is 4.79 Å². The van der Waals surface area contributed by atoms with Crippen molar-refractivity contribution in [2.75, 3.05) is 0 Å². The Morgan fingerprint density at radius 2 is 1.38 bits per heavy atom. The Morgan fingerprint density at radius 3 is 1.88 bits per heavy atom. The predicted octanol–water partition coefficient (Wildman–Crippen LogP) is 9.98. The average Bonchev–Trinajstić information content (AvgIpc) is 3.49. The van der Waals surface area contributed by atoms with E-state index in [1.54, 1.807) is 4.63 Å². The fourth-order valence-corrected chi connectivity index (χ4v) is 5.49. The highest BCUT2D eigenvalue weighted by Crippen LogP contribution is 2.31. The number of nitrogens with zero attached hydrogens (tertiary/aromatic N) is 3. The van der Waals surface area contributed by atoms with E-state index >= 15 is 0 Å². The summed E-state index contributed by atoms with van der Waals surface area (Å²) < 4.78 is 7.12. The lowest BCUT2D eigenvalue weighted by Crippen LogP contribution is -2.12. The predicted molar refractivity (Wildman–Crippen MR) is 166 cm³/mol. The summed E-state index contributed by atoms with van der Waals surface area (Å²) in [5.74, 6) is 0.485. The quantitative estimate of drug-likeness (QED) is 0.115. The fraction of sp³-hybridized carbons (Fsp3) is 0.667. The highest BCUT2D eigenvalue weighted by Gasteiger charge is 2.24. The molecule has 0 atom stereocenters. The second kappa shape index (κ2) is 16.8. The van der Waals surface area contributed by atoms with Gasteiger partial charge in [-0.3, -0.25) is 9.89 Å². The van der Waals surface area contributed by atoms with E-state index < -0.39 is 0 Å². The van der Waals surface area contributed by atoms with Gasteiger partial charge in [-0.05, 0) is 12.0 Å². The van der Waals surface area contributed by atoms with Crippen molar-refractivity contribution in [3.05, 3.63) is 40.5 Å². The van der Waals surface area contributed by atoms with Gasteiger partial charge in [-0.25, -0.2) is 4.98 Å². The minimum Gasteiger partial charge on any atom is -0.461 e. The van der Waals surface area contributed by atoms with Crippen LogP contribution in [0.3, 0.4) is 0 Å². The van der Waals surface area contributed by atoms with Crippen molar-refractivity contribution in [2.24, 2.45) is 0 Å². The van der Waals surface area contributed by atoms with Crippen molar-refractivity contribution >= 4 is 23.2 Å². The van der Waals surface area contributed by atoms with Crippen molar-refractivity contribution < 1.29 is 9.53 Å². The van der Waals surface area contributed by atoms with Crippen LogP contribution in [-0.4, -0.2) is 25.8 Å². The highest BCUT2D eigenvalue weighted by atomic mass is 35.5. The molecule has 0 aliphatic heterocycles. The number of rotatable bonds is 19. The topological polar surface area (TPSA) is 72.3 Å². The van der Waals surface area contributed by atoms with Gasteiger partial charge in [-0.15, -0.1) is 5.10 Å². The highest BCUT2D eigenvalue weighted by molar-refractivity contribution is 6.34. The van der Waals surface area contributed by atoms with Gasteiger partial charge in [-0.1, -0.05) is 153 Å². The third kappa shape index (κ3) is 10.6. The lowest BCUT2D eigenvalue weighted by molar-refractivity contribution is -0.145. The largest absolute Gasteiger partial charge is 0.461 e. The number of fused-ring (bicyclic) bond motifs is 1. The molecule has 0 saturated heterocycles. The molecule has 1 aromatic carbocycles. The van der Waals surface area contributed by atoms with Gasteiger partial charge < -0.3 is 4.74 Å². The van der Waals surface area contributed by atoms with E-state index in [0.717, 1.165) is 29.7 Å². The Kier molecular flexibility index (Phi) is 13.5. The van der Waals surface area contributed by atoms with Crippen LogP contribution in [0.5, 0.6) is 0 Å². The molecule has 0 saturated carbocycles. The number of carbonyl (C=O) groups excluding carboxylic acids is 1. The number of carbonyl (C=O) groups is 1. The van der Waals surface area contributed by atoms with Gasteiger partial charge in [0.15, 0.2) is 11.5 Å². The lowest BCUT2D eigenvalue weighted by Gasteiger charge is -2.16. The lowest BCUT2D eigenvalue weighted by atomic mass is 9.92. The van der Waals surface area contributed by atoms with Crippen LogP contribution < -0.4 is 0 Å². The summed E-state index contributed by atoms with van der Waals surface area (Å²) in [7, 11) is 0. The van der Waals surface area contributed by atoms with E-state index in [4.69, 9.17) is 16.3 Å². The molecule has 7 heteroatoms. The second-order valence-corrected chi connectivity index (χ2v) is 12.7. The van der Waals surface area contributed by atoms with Gasteiger partial charge in [-0.2, -0.15) is 4.63 Å². The molecule has 0 fully saturated rings. The number of hydrogen-bond acceptors (Lipinski definition) is 4. The molecule has 0 radical (unpaired) electrons. The zero-order chi connectivity index (χ0) is 28.8. The molecule has 0 unspecified atom stereocenters. The minimum atomic E-state index is -0.120. The van der Waals surface area contributed by atoms with Gasteiger partial charge in [0.2, 0.25) is 0 Å². The molecule has 222 valence electrons. The Labute approximate surface area is 246 Å². The van der Waals surface area contributed by atoms with Crippen LogP contribution in [0.4, 0.5) is 0 Å². The molecular formula is C33H51ClN4O2. The number of aromatic nitrogens is 4. The molecule has 1 N–H and O–H groups in total. The molecule has 3 rings (SSSR count). The first-order chi connectivity index (χ1) is 19.3. The number of benzene rings is 1. The third-order valence-corrected chi connectivity index (χ3v) is 7.95. The van der Waals surface area contributed by atoms with E-state index in [2.05, 4.69) is 42.9 Å². The van der Waals surface area contributed by atoms with Crippen molar-refractivity contribution in [1.82, 2.24) is 19.8 Å². The first-order valence-corrected chi connectivity index (χ1v) is 16.1. The first kappa shape index (κ1) is 32.2. The van der Waals surface area contributed by atoms with Gasteiger partial charge in [0.25, 0.3) is 0 Å². The van der Waals surface area contributed by atoms with E-state index in [-0.39, 0.29) is 18.0 Å². The fourth-order valence-electron chi connectivity index (χ4n) is 5.04. The Morgan fingerprint density at radius 1 is 0.850 bits per heavy atom. The van der Waals surface area contributed by atoms with Crippen LogP contribution in [0, 0.1) is 0 Å². The second-order valence-electron chi connectivity index (χ2n) is 12.3. The Hall–Kier alpha value is -2.34. The number of esters is 1. The van der Waals surface area contributed by atoms with E-state index in [1.807, 2.05) is 24.3 Å². The summed E-state index contributed by atoms with van der Waals surface area (Å²) in [5.41, 5.74) is 3.26. The SMILES string of the molecule is CCCCCCCCCCCCCCCCCC(=O)OCc1ccc(-c2nc3c(Cl)c(C(C)(C)C)[nH]n3n2)cc1. The smallest absolute Gasteiger partial charge is 0.306 e. The summed E-state index contributed by atoms with van der Waals surface area (Å²) in [6, 6.07) is 7.80. The summed E-state index contributed by atoms with van der Waals surface area (Å²) in [5, 5.41) is 8.39. The van der Waals surface area contributed by atoms with Crippen molar-refractivity contribution in [3.8, 4) is 11.4 Å². The average molecular weight is 571 g/mol. The summed E-state index contributed by atoms with van der Waals surface area (Å²) in [6.45, 7) is 8.85. The molecule has 0 spiro atoms. The maximum atomic E-state index is 12.2. The molecule has 0 bridgehead atoms. The van der Waals surface area contributed by atoms with Crippen LogP contribution in [0.1, 0.15) is 142 Å². The van der Waals surface area contributed by atoms with Gasteiger partial charge in [0.1, 0.15) is 11.6 Å². The number of H-pyrrole nitrogens is 1. The van der Waals surface area contributed by atoms with Crippen LogP contribution in [0.25, 0.3) is 17.0 Å². The normalized spacial score (nSPS) is 11.9. The summed E-state index contributed by atoms with van der Waals surface area (Å²) in [4.78, 5) is 16.8. The Balaban J connectivity index is 1.23. The molecule has 3 aromatic rings. The number of unbranched alkanes of at least 4 members (excludes halogenated alkanes) is 14. The molecule has 6 nitrogen and oxygen atoms in total. The summed E-state index contributed by atoms with van der Waals surface area (Å²) in [6.07, 6.45) is 20.3. The third-order valence-electron chi connectivity index (χ3n) is 7.59. The van der Waals surface area contributed by atoms with E-state index in [0.29, 0.717) is 22.9 Å². The van der Waals surface area contributed by atoms with Crippen LogP contribution in [0.15, 0.2) is 24.3 Å². The number of hydrogen-bond donors (Lipinski definition) is 1. The van der Waals surface area contributed by atoms with Gasteiger partial charge in [0.05, 0.1) is 5.69 Å². The zero-order valence-electron chi connectivity index (χ0n) is 25.4. The number of halogens is 1. The number of aromatic amines is 1. The molecule has 2 aromatic heterocycles. The Bertz CT molecular complexity index is 1140. The zero-order valence-corrected chi connectivity index (χ0v) is 26.1. The van der Waals surface area contributed by atoms with Crippen LogP contribution in [0.2, 0.25) is 5.02 Å². The molecular weight excluding hydrogens is 520 g/mol. The molecule has 0 aliphatic carbocycles. The minimum absolute atomic E-state index is 0.117. The van der Waals surface area contributed by atoms with Gasteiger partial charge in [0, 0.05) is 17.4 Å². The van der Waals surface area contributed by atoms with E-state index in [1.165, 1.54) is 83.5 Å². The van der Waals surface area contributed by atoms with Crippen LogP contribution in [-0.2, 0) is 21.6 Å². The standard InChI is InChI=1S/C33H51ClN4O2/c1-5-6-7-8-9-10-11-12-13-14-15-16-17-18-19-20-28(39)40-25-26-21-23-27(24-22-26)31-35-32-29(34)30(33(2,3)4)36-38(32)37-31/h21-24,36H,5-20,25H2,1-4H3. The molecule has 40 heavy (non-hydrogen) atoms. The molecule has 2 heterocycles. The maximum Gasteiger partial charge on any atom is 0.306 e. The van der Waals surface area contributed by atoms with Crippen molar-refractivity contribution in [3.63, 3.8) is 0 Å². The monoisotopic (exact) mass is 570 g/mol. The number of nitrogens with one attached hydrogen (secondary N) is 1. The van der Waals surface area contributed by atoms with Gasteiger partial charge >= 0.3 is 5.97 Å². The molecule has 0 aliphatic rings. The van der Waals surface area contributed by atoms with Crippen LogP contribution >= 0.6 is 11.6 Å². The van der Waals surface area contributed by atoms with Crippen molar-refractivity contribution in [2.45, 2.75) is 142 Å². The number of ether oxygens (including phenoxy) is 1. The molecule has 0 amide bonds. The maximum absolute atomic E-state index is 12.2. The van der Waals surface area contributed by atoms with Crippen molar-refractivity contribution in [1.29, 1.82) is 0 Å². The first-order valence-electron chi connectivity index (χ1n) is 15.7.